The molecule has 0 fully saturated rings. The second kappa shape index (κ2) is 15.6. The molecule has 0 heterocycles. The summed E-state index contributed by atoms with van der Waals surface area (Å²) in [6.07, 6.45) is 9.27. The van der Waals surface area contributed by atoms with Gasteiger partial charge in [0, 0.05) is 24.1 Å². The van der Waals surface area contributed by atoms with Crippen LogP contribution >= 0.6 is 12.4 Å². The van der Waals surface area contributed by atoms with Gasteiger partial charge >= 0.3 is 0 Å². The van der Waals surface area contributed by atoms with Crippen LogP contribution in [-0.4, -0.2) is 42.0 Å². The minimum Gasteiger partial charge on any atom is -0.395 e. The van der Waals surface area contributed by atoms with Crippen LogP contribution in [0, 0.1) is 5.41 Å². The van der Waals surface area contributed by atoms with Gasteiger partial charge in [0.25, 0.3) is 0 Å². The summed E-state index contributed by atoms with van der Waals surface area (Å²) in [4.78, 5) is 12.4. The van der Waals surface area contributed by atoms with Crippen LogP contribution < -0.4 is 5.32 Å². The van der Waals surface area contributed by atoms with Crippen LogP contribution in [-0.2, 0) is 4.79 Å². The molecule has 0 saturated carbocycles. The number of hydrogen-bond acceptors (Lipinski definition) is 3. The molecule has 6 heteroatoms. The number of aliphatic hydroxyl groups is 1. The van der Waals surface area contributed by atoms with Gasteiger partial charge in [-0.1, -0.05) is 51.9 Å². The highest BCUT2D eigenvalue weighted by Gasteiger charge is 2.07. The van der Waals surface area contributed by atoms with Crippen LogP contribution in [0.4, 0.5) is 0 Å². The molecule has 0 aliphatic carbocycles. The van der Waals surface area contributed by atoms with Crippen molar-refractivity contribution in [2.45, 2.75) is 64.7 Å². The average molecular weight is 325 g/mol. The van der Waals surface area contributed by atoms with E-state index in [1.807, 2.05) is 0 Å². The number of aliphatic hydroxyl groups excluding tert-OH is 1. The van der Waals surface area contributed by atoms with E-state index in [1.165, 1.54) is 32.1 Å². The molecule has 0 saturated heterocycles. The number of rotatable bonds is 11. The molecule has 0 rings (SSSR count). The number of hydrogen-bond donors (Lipinski definition) is 3. The van der Waals surface area contributed by atoms with Crippen molar-refractivity contribution in [2.24, 2.45) is 0 Å². The Morgan fingerprint density at radius 2 is 1.76 bits per heavy atom. The molecule has 0 atom stereocenters. The van der Waals surface area contributed by atoms with E-state index in [-0.39, 0.29) is 31.3 Å². The maximum absolute atomic E-state index is 11.7. The van der Waals surface area contributed by atoms with E-state index < -0.39 is 19.5 Å². The van der Waals surface area contributed by atoms with E-state index in [9.17, 15) is 4.79 Å². The van der Waals surface area contributed by atoms with Gasteiger partial charge in [0.2, 0.25) is 5.91 Å². The SMILES string of the molecule is Cl.[2H]C([2H])([2H])N(CCO)C(=N)NC(=O)CCCCCCCCCC. The number of amides is 1. The van der Waals surface area contributed by atoms with Crippen molar-refractivity contribution < 1.29 is 14.0 Å². The van der Waals surface area contributed by atoms with Crippen molar-refractivity contribution in [3.8, 4) is 0 Å². The first kappa shape index (κ1) is 16.6. The summed E-state index contributed by atoms with van der Waals surface area (Å²) >= 11 is 0. The third-order valence-corrected chi connectivity index (χ3v) is 3.11. The van der Waals surface area contributed by atoms with Gasteiger partial charge in [0.05, 0.1) is 6.61 Å². The van der Waals surface area contributed by atoms with E-state index in [0.717, 1.165) is 19.3 Å². The second-order valence-corrected chi connectivity index (χ2v) is 5.00. The smallest absolute Gasteiger partial charge is 0.226 e. The van der Waals surface area contributed by atoms with Crippen LogP contribution in [0.25, 0.3) is 0 Å². The summed E-state index contributed by atoms with van der Waals surface area (Å²) in [6, 6.07) is 0. The lowest BCUT2D eigenvalue weighted by molar-refractivity contribution is -0.120. The molecular formula is C15H32ClN3O2. The maximum Gasteiger partial charge on any atom is 0.226 e. The standard InChI is InChI=1S/C15H31N3O2.ClH/c1-3-4-5-6-7-8-9-10-11-14(20)17-15(16)18(2)12-13-19;/h19H,3-13H2,1-2H3,(H2,16,17,20);1H/i2D3;. The third kappa shape index (κ3) is 13.9. The van der Waals surface area contributed by atoms with Crippen LogP contribution in [0.2, 0.25) is 0 Å². The molecular weight excluding hydrogens is 290 g/mol. The quantitative estimate of drug-likeness (QED) is 0.311. The number of likely N-dealkylation sites (N-methyl/N-ethyl adjacent to an activating group) is 1. The molecule has 0 radical (unpaired) electrons. The second-order valence-electron chi connectivity index (χ2n) is 5.00. The molecule has 0 aliphatic heterocycles. The van der Waals surface area contributed by atoms with E-state index in [0.29, 0.717) is 4.90 Å². The number of nitrogens with one attached hydrogen (secondary N) is 2. The van der Waals surface area contributed by atoms with E-state index in [2.05, 4.69) is 12.2 Å². The van der Waals surface area contributed by atoms with Gasteiger partial charge in [-0.2, -0.15) is 0 Å². The first-order valence-corrected chi connectivity index (χ1v) is 7.59. The van der Waals surface area contributed by atoms with Crippen LogP contribution in [0.1, 0.15) is 68.8 Å². The lowest BCUT2D eigenvalue weighted by atomic mass is 10.1. The Morgan fingerprint density at radius 3 is 2.29 bits per heavy atom. The average Bonchev–Trinajstić information content (AvgIpc) is 2.46. The summed E-state index contributed by atoms with van der Waals surface area (Å²) < 4.78 is 21.9. The molecule has 0 aromatic heterocycles. The highest BCUT2D eigenvalue weighted by molar-refractivity contribution is 5.95. The minimum atomic E-state index is -2.55. The molecule has 0 unspecified atom stereocenters. The summed E-state index contributed by atoms with van der Waals surface area (Å²) in [7, 11) is 0. The summed E-state index contributed by atoms with van der Waals surface area (Å²) in [5.74, 6) is -0.836. The molecule has 126 valence electrons. The fourth-order valence-corrected chi connectivity index (χ4v) is 1.89. The molecule has 1 amide bonds. The predicted octanol–water partition coefficient (Wildman–Crippen LogP) is 2.91. The first-order valence-electron chi connectivity index (χ1n) is 9.09. The number of unbranched alkanes of at least 4 members (excludes halogenated alkanes) is 7. The summed E-state index contributed by atoms with van der Waals surface area (Å²) in [5.41, 5.74) is 0. The summed E-state index contributed by atoms with van der Waals surface area (Å²) in [5, 5.41) is 18.8. The summed E-state index contributed by atoms with van der Waals surface area (Å²) in [6.45, 7) is -0.974. The largest absolute Gasteiger partial charge is 0.395 e. The molecule has 0 spiro atoms. The molecule has 21 heavy (non-hydrogen) atoms. The van der Waals surface area contributed by atoms with Crippen molar-refractivity contribution in [3.63, 3.8) is 0 Å². The van der Waals surface area contributed by atoms with Crippen LogP contribution in [0.5, 0.6) is 0 Å². The fourth-order valence-electron chi connectivity index (χ4n) is 1.89. The Bertz CT molecular complexity index is 355. The van der Waals surface area contributed by atoms with E-state index >= 15 is 0 Å². The number of carbonyl (C=O) groups is 1. The number of nitrogens with zero attached hydrogens (tertiary/aromatic N) is 1. The molecule has 0 bridgehead atoms. The van der Waals surface area contributed by atoms with Crippen molar-refractivity contribution in [1.29, 1.82) is 5.41 Å². The molecule has 0 aromatic rings. The Kier molecular flexibility index (Phi) is 12.3. The predicted molar refractivity (Wildman–Crippen MR) is 90.1 cm³/mol. The van der Waals surface area contributed by atoms with E-state index in [4.69, 9.17) is 14.6 Å². The number of carbonyl (C=O) groups excluding carboxylic acids is 1. The van der Waals surface area contributed by atoms with Gasteiger partial charge in [-0.15, -0.1) is 12.4 Å². The zero-order valence-corrected chi connectivity index (χ0v) is 13.8. The molecule has 0 aromatic carbocycles. The number of halogens is 1. The van der Waals surface area contributed by atoms with Gasteiger partial charge in [-0.05, 0) is 6.42 Å². The van der Waals surface area contributed by atoms with Crippen LogP contribution in [0.15, 0.2) is 0 Å². The lowest BCUT2D eigenvalue weighted by Gasteiger charge is -2.18. The molecule has 3 N–H and O–H groups in total. The van der Waals surface area contributed by atoms with Crippen molar-refractivity contribution in [3.05, 3.63) is 0 Å². The van der Waals surface area contributed by atoms with Crippen LogP contribution in [0.3, 0.4) is 0 Å². The fraction of sp³-hybridized carbons (Fsp3) is 0.867. The Balaban J connectivity index is 0. The Hall–Kier alpha value is -0.810. The molecule has 5 nitrogen and oxygen atoms in total. The van der Waals surface area contributed by atoms with Gasteiger partial charge < -0.3 is 10.0 Å². The van der Waals surface area contributed by atoms with Crippen molar-refractivity contribution in [2.75, 3.05) is 20.1 Å². The Morgan fingerprint density at radius 1 is 1.19 bits per heavy atom. The highest BCUT2D eigenvalue weighted by Crippen LogP contribution is 2.09. The van der Waals surface area contributed by atoms with Gasteiger partial charge in [-0.25, -0.2) is 0 Å². The minimum absolute atomic E-state index is 0. The van der Waals surface area contributed by atoms with E-state index in [1.54, 1.807) is 0 Å². The van der Waals surface area contributed by atoms with Crippen molar-refractivity contribution >= 4 is 24.3 Å². The molecule has 0 aliphatic rings. The van der Waals surface area contributed by atoms with Gasteiger partial charge in [0.1, 0.15) is 0 Å². The highest BCUT2D eigenvalue weighted by atomic mass is 35.5. The first-order chi connectivity index (χ1) is 10.8. The van der Waals surface area contributed by atoms with Gasteiger partial charge in [-0.3, -0.25) is 15.5 Å². The maximum atomic E-state index is 11.7. The zero-order chi connectivity index (χ0) is 17.7. The number of guanidine groups is 1. The lowest BCUT2D eigenvalue weighted by Crippen LogP contribution is -2.42. The normalized spacial score (nSPS) is 12.6. The topological polar surface area (TPSA) is 76.4 Å². The van der Waals surface area contributed by atoms with Crippen molar-refractivity contribution in [1.82, 2.24) is 10.2 Å². The zero-order valence-electron chi connectivity index (χ0n) is 16.0. The van der Waals surface area contributed by atoms with Gasteiger partial charge in [0.15, 0.2) is 5.96 Å². The monoisotopic (exact) mass is 324 g/mol. The third-order valence-electron chi connectivity index (χ3n) is 3.11. The Labute approximate surface area is 139 Å².